The van der Waals surface area contributed by atoms with Gasteiger partial charge in [0.15, 0.2) is 0 Å². The summed E-state index contributed by atoms with van der Waals surface area (Å²) in [7, 11) is 0. The monoisotopic (exact) mass is 315 g/mol. The first-order valence-corrected chi connectivity index (χ1v) is 8.73. The molecule has 2 fully saturated rings. The second-order valence-electron chi connectivity index (χ2n) is 8.58. The number of carbonyl (C=O) groups excluding carboxylic acids is 1. The molecule has 2 N–H and O–H groups in total. The molecule has 2 bridgehead atoms. The Morgan fingerprint density at radius 2 is 1.78 bits per heavy atom. The first-order valence-electron chi connectivity index (χ1n) is 8.73. The number of aliphatic hydroxyl groups is 1. The van der Waals surface area contributed by atoms with E-state index in [2.05, 4.69) is 52.1 Å². The minimum Gasteiger partial charge on any atom is -0.393 e. The van der Waals surface area contributed by atoms with Crippen molar-refractivity contribution in [2.75, 3.05) is 5.32 Å². The van der Waals surface area contributed by atoms with E-state index in [1.165, 1.54) is 5.56 Å². The third-order valence-electron chi connectivity index (χ3n) is 7.24. The summed E-state index contributed by atoms with van der Waals surface area (Å²) < 4.78 is 0. The van der Waals surface area contributed by atoms with E-state index >= 15 is 0 Å². The molecule has 126 valence electrons. The molecule has 3 heteroatoms. The van der Waals surface area contributed by atoms with Crippen LogP contribution in [0.4, 0.5) is 5.69 Å². The molecule has 2 aliphatic rings. The molecule has 23 heavy (non-hydrogen) atoms. The lowest BCUT2D eigenvalue weighted by Gasteiger charge is -2.40. The van der Waals surface area contributed by atoms with Crippen LogP contribution in [0.2, 0.25) is 0 Å². The van der Waals surface area contributed by atoms with Gasteiger partial charge in [-0.2, -0.15) is 0 Å². The van der Waals surface area contributed by atoms with E-state index in [4.69, 9.17) is 0 Å². The molecule has 0 aliphatic heterocycles. The van der Waals surface area contributed by atoms with Crippen molar-refractivity contribution < 1.29 is 9.90 Å². The molecule has 1 aromatic carbocycles. The number of nitrogens with one attached hydrogen (secondary N) is 1. The fourth-order valence-electron chi connectivity index (χ4n) is 4.83. The summed E-state index contributed by atoms with van der Waals surface area (Å²) >= 11 is 0. The summed E-state index contributed by atoms with van der Waals surface area (Å²) in [5, 5.41) is 13.6. The number of hydrogen-bond acceptors (Lipinski definition) is 2. The lowest BCUT2D eigenvalue weighted by Crippen LogP contribution is -2.43. The van der Waals surface area contributed by atoms with E-state index in [1.807, 2.05) is 12.1 Å². The maximum absolute atomic E-state index is 13.1. The van der Waals surface area contributed by atoms with Gasteiger partial charge in [0.25, 0.3) is 0 Å². The lowest BCUT2D eigenvalue weighted by atomic mass is 9.64. The van der Waals surface area contributed by atoms with Gasteiger partial charge in [0, 0.05) is 5.69 Å². The van der Waals surface area contributed by atoms with Gasteiger partial charge in [0.2, 0.25) is 5.91 Å². The standard InChI is InChI=1S/C20H29NO2/c1-13(2)14-6-8-15(9-7-14)21-17(23)20-11-10-19(5,16(22)12-20)18(20,3)4/h6-9,13,16,22H,10-12H2,1-5H3,(H,21,23). The minimum absolute atomic E-state index is 0.0695. The Hall–Kier alpha value is -1.35. The Morgan fingerprint density at radius 1 is 1.17 bits per heavy atom. The quantitative estimate of drug-likeness (QED) is 0.872. The summed E-state index contributed by atoms with van der Waals surface area (Å²) in [4.78, 5) is 13.1. The number of amides is 1. The van der Waals surface area contributed by atoms with E-state index in [0.29, 0.717) is 12.3 Å². The summed E-state index contributed by atoms with van der Waals surface area (Å²) in [5.74, 6) is 0.554. The average molecular weight is 315 g/mol. The predicted octanol–water partition coefficient (Wildman–Crippen LogP) is 4.33. The zero-order valence-corrected chi connectivity index (χ0v) is 14.9. The maximum atomic E-state index is 13.1. The van der Waals surface area contributed by atoms with Crippen LogP contribution in [-0.2, 0) is 4.79 Å². The summed E-state index contributed by atoms with van der Waals surface area (Å²) in [5.41, 5.74) is 1.30. The summed E-state index contributed by atoms with van der Waals surface area (Å²) in [6, 6.07) is 8.11. The zero-order valence-electron chi connectivity index (χ0n) is 14.9. The Balaban J connectivity index is 1.84. The van der Waals surface area contributed by atoms with Crippen molar-refractivity contribution in [1.82, 2.24) is 0 Å². The molecule has 1 amide bonds. The van der Waals surface area contributed by atoms with Crippen LogP contribution in [0.15, 0.2) is 24.3 Å². The fraction of sp³-hybridized carbons (Fsp3) is 0.650. The van der Waals surface area contributed by atoms with E-state index < -0.39 is 5.41 Å². The minimum atomic E-state index is -0.460. The molecule has 3 nitrogen and oxygen atoms in total. The smallest absolute Gasteiger partial charge is 0.231 e. The molecule has 0 saturated heterocycles. The third kappa shape index (κ3) is 2.09. The van der Waals surface area contributed by atoms with Crippen LogP contribution in [0.5, 0.6) is 0 Å². The van der Waals surface area contributed by atoms with Crippen molar-refractivity contribution in [3.05, 3.63) is 29.8 Å². The van der Waals surface area contributed by atoms with E-state index in [9.17, 15) is 9.90 Å². The highest BCUT2D eigenvalue weighted by atomic mass is 16.3. The lowest BCUT2D eigenvalue weighted by molar-refractivity contribution is -0.130. The van der Waals surface area contributed by atoms with Crippen molar-refractivity contribution in [2.24, 2.45) is 16.2 Å². The van der Waals surface area contributed by atoms with Crippen LogP contribution in [0.1, 0.15) is 65.4 Å². The Bertz CT molecular complexity index is 619. The van der Waals surface area contributed by atoms with Gasteiger partial charge in [0.1, 0.15) is 0 Å². The molecular weight excluding hydrogens is 286 g/mol. The second-order valence-corrected chi connectivity index (χ2v) is 8.58. The van der Waals surface area contributed by atoms with Crippen LogP contribution in [0.3, 0.4) is 0 Å². The maximum Gasteiger partial charge on any atom is 0.231 e. The third-order valence-corrected chi connectivity index (χ3v) is 7.24. The predicted molar refractivity (Wildman–Crippen MR) is 93.3 cm³/mol. The molecule has 1 aromatic rings. The van der Waals surface area contributed by atoms with Crippen LogP contribution in [0.25, 0.3) is 0 Å². The van der Waals surface area contributed by atoms with Gasteiger partial charge in [-0.3, -0.25) is 4.79 Å². The van der Waals surface area contributed by atoms with Gasteiger partial charge < -0.3 is 10.4 Å². The van der Waals surface area contributed by atoms with Crippen molar-refractivity contribution in [2.45, 2.75) is 65.9 Å². The zero-order chi connectivity index (χ0) is 17.0. The normalized spacial score (nSPS) is 34.8. The highest BCUT2D eigenvalue weighted by Crippen LogP contribution is 2.72. The fourth-order valence-corrected chi connectivity index (χ4v) is 4.83. The molecule has 2 aliphatic carbocycles. The van der Waals surface area contributed by atoms with Gasteiger partial charge in [-0.05, 0) is 53.7 Å². The topological polar surface area (TPSA) is 49.3 Å². The largest absolute Gasteiger partial charge is 0.393 e. The van der Waals surface area contributed by atoms with E-state index in [-0.39, 0.29) is 22.8 Å². The highest BCUT2D eigenvalue weighted by Gasteiger charge is 2.72. The van der Waals surface area contributed by atoms with E-state index in [0.717, 1.165) is 18.5 Å². The SMILES string of the molecule is CC(C)c1ccc(NC(=O)C23CCC(C)(C(O)C2)C3(C)C)cc1. The van der Waals surface area contributed by atoms with Gasteiger partial charge in [0.05, 0.1) is 11.5 Å². The summed E-state index contributed by atoms with van der Waals surface area (Å²) in [6.07, 6.45) is 1.97. The number of aliphatic hydroxyl groups excluding tert-OH is 1. The average Bonchev–Trinajstić information content (AvgIpc) is 2.78. The van der Waals surface area contributed by atoms with Gasteiger partial charge in [-0.25, -0.2) is 0 Å². The molecule has 0 heterocycles. The Morgan fingerprint density at radius 3 is 2.22 bits per heavy atom. The molecule has 3 unspecified atom stereocenters. The van der Waals surface area contributed by atoms with E-state index in [1.54, 1.807) is 0 Å². The molecule has 3 rings (SSSR count). The number of rotatable bonds is 3. The number of fused-ring (bicyclic) bond motifs is 2. The number of anilines is 1. The molecular formula is C20H29NO2. The van der Waals surface area contributed by atoms with Crippen LogP contribution in [0, 0.1) is 16.2 Å². The molecule has 2 saturated carbocycles. The Labute approximate surface area is 139 Å². The number of benzene rings is 1. The number of hydrogen-bond donors (Lipinski definition) is 2. The van der Waals surface area contributed by atoms with Crippen LogP contribution >= 0.6 is 0 Å². The molecule has 0 radical (unpaired) electrons. The van der Waals surface area contributed by atoms with Crippen LogP contribution in [-0.4, -0.2) is 17.1 Å². The highest BCUT2D eigenvalue weighted by molar-refractivity contribution is 5.96. The van der Waals surface area contributed by atoms with Crippen molar-refractivity contribution in [3.8, 4) is 0 Å². The van der Waals surface area contributed by atoms with Crippen molar-refractivity contribution >= 4 is 11.6 Å². The van der Waals surface area contributed by atoms with Crippen molar-refractivity contribution in [1.29, 1.82) is 0 Å². The van der Waals surface area contributed by atoms with Gasteiger partial charge in [-0.15, -0.1) is 0 Å². The first kappa shape index (κ1) is 16.5. The summed E-state index contributed by atoms with van der Waals surface area (Å²) in [6.45, 7) is 10.8. The molecule has 0 spiro atoms. The molecule has 3 atom stereocenters. The van der Waals surface area contributed by atoms with Crippen molar-refractivity contribution in [3.63, 3.8) is 0 Å². The second kappa shape index (κ2) is 5.07. The molecule has 0 aromatic heterocycles. The van der Waals surface area contributed by atoms with Crippen LogP contribution < -0.4 is 5.32 Å². The first-order chi connectivity index (χ1) is 10.6. The number of carbonyl (C=O) groups is 1. The van der Waals surface area contributed by atoms with Gasteiger partial charge >= 0.3 is 0 Å². The Kier molecular flexibility index (Phi) is 3.64. The van der Waals surface area contributed by atoms with Gasteiger partial charge in [-0.1, -0.05) is 46.8 Å².